The summed E-state index contributed by atoms with van der Waals surface area (Å²) >= 11 is 0. The Morgan fingerprint density at radius 1 is 1.13 bits per heavy atom. The molecule has 0 spiro atoms. The van der Waals surface area contributed by atoms with E-state index in [-0.39, 0.29) is 17.4 Å². The summed E-state index contributed by atoms with van der Waals surface area (Å²) in [5.41, 5.74) is 4.08. The van der Waals surface area contributed by atoms with Crippen LogP contribution < -0.4 is 5.56 Å². The fourth-order valence-corrected chi connectivity index (χ4v) is 5.10. The van der Waals surface area contributed by atoms with Gasteiger partial charge in [0, 0.05) is 24.0 Å². The fourth-order valence-electron chi connectivity index (χ4n) is 5.10. The third-order valence-corrected chi connectivity index (χ3v) is 7.10. The Kier molecular flexibility index (Phi) is 4.88. The van der Waals surface area contributed by atoms with Gasteiger partial charge >= 0.3 is 0 Å². The van der Waals surface area contributed by atoms with Crippen molar-refractivity contribution in [3.05, 3.63) is 64.6 Å². The summed E-state index contributed by atoms with van der Waals surface area (Å²) < 4.78 is 17.1. The van der Waals surface area contributed by atoms with Crippen LogP contribution in [-0.2, 0) is 6.42 Å². The van der Waals surface area contributed by atoms with Gasteiger partial charge in [0.25, 0.3) is 5.56 Å². The first-order chi connectivity index (χ1) is 15.0. The molecule has 0 radical (unpaired) electrons. The van der Waals surface area contributed by atoms with Crippen molar-refractivity contribution in [1.29, 1.82) is 0 Å². The van der Waals surface area contributed by atoms with Crippen LogP contribution in [0.2, 0.25) is 0 Å². The molecule has 6 heteroatoms. The lowest BCUT2D eigenvalue weighted by molar-refractivity contribution is 0.183. The van der Waals surface area contributed by atoms with E-state index in [0.717, 1.165) is 35.2 Å². The van der Waals surface area contributed by atoms with Gasteiger partial charge in [-0.2, -0.15) is 5.10 Å². The molecule has 31 heavy (non-hydrogen) atoms. The topological polar surface area (TPSA) is 52.2 Å². The Bertz CT molecular complexity index is 1320. The van der Waals surface area contributed by atoms with E-state index in [9.17, 15) is 9.18 Å². The molecule has 160 valence electrons. The number of pyridine rings is 1. The van der Waals surface area contributed by atoms with Crippen molar-refractivity contribution < 1.29 is 4.39 Å². The second kappa shape index (κ2) is 7.59. The highest BCUT2D eigenvalue weighted by atomic mass is 19.1. The standard InChI is InChI=1S/C25H27FN4O/c1-4-20-23(17-8-10-18(26)11-9-17)24-27-14-19-22(30(24)28-20)12-13-29(25(19)31)21-7-5-6-15(2)16(21)3/h8-16,21H,4-7H2,1-3H3/t15-,16-,21-/m1/s1. The van der Waals surface area contributed by atoms with E-state index in [2.05, 4.69) is 18.8 Å². The average molecular weight is 419 g/mol. The van der Waals surface area contributed by atoms with Crippen LogP contribution >= 0.6 is 0 Å². The van der Waals surface area contributed by atoms with Crippen molar-refractivity contribution >= 4 is 16.6 Å². The second-order valence-electron chi connectivity index (χ2n) is 8.84. The lowest BCUT2D eigenvalue weighted by Crippen LogP contribution is -2.33. The summed E-state index contributed by atoms with van der Waals surface area (Å²) in [5.74, 6) is 0.795. The summed E-state index contributed by atoms with van der Waals surface area (Å²) in [5, 5.41) is 5.36. The summed E-state index contributed by atoms with van der Waals surface area (Å²) in [6.07, 6.45) is 7.72. The summed E-state index contributed by atoms with van der Waals surface area (Å²) in [6.45, 7) is 6.57. The predicted octanol–water partition coefficient (Wildman–Crippen LogP) is 5.41. The van der Waals surface area contributed by atoms with Crippen LogP contribution in [0.25, 0.3) is 27.7 Å². The molecular formula is C25H27FN4O. The van der Waals surface area contributed by atoms with Crippen LogP contribution in [0.4, 0.5) is 4.39 Å². The third kappa shape index (κ3) is 3.16. The molecule has 1 aliphatic rings. The SMILES string of the molecule is CCc1nn2c(ncc3c(=O)n([C@@H]4CCC[C@@H](C)[C@H]4C)ccc32)c1-c1ccc(F)cc1. The number of aryl methyl sites for hydroxylation is 1. The normalized spacial score (nSPS) is 21.7. The van der Waals surface area contributed by atoms with Crippen LogP contribution in [0.1, 0.15) is 51.8 Å². The minimum atomic E-state index is -0.275. The lowest BCUT2D eigenvalue weighted by atomic mass is 9.78. The number of rotatable bonds is 3. The monoisotopic (exact) mass is 418 g/mol. The Hall–Kier alpha value is -3.02. The highest BCUT2D eigenvalue weighted by molar-refractivity contribution is 5.86. The third-order valence-electron chi connectivity index (χ3n) is 7.10. The highest BCUT2D eigenvalue weighted by Crippen LogP contribution is 2.37. The molecule has 1 saturated carbocycles. The molecule has 3 atom stereocenters. The molecule has 3 aromatic heterocycles. The van der Waals surface area contributed by atoms with Crippen LogP contribution in [0.5, 0.6) is 0 Å². The van der Waals surface area contributed by atoms with Gasteiger partial charge in [-0.1, -0.05) is 45.7 Å². The maximum Gasteiger partial charge on any atom is 0.261 e. The fraction of sp³-hybridized carbons (Fsp3) is 0.400. The average Bonchev–Trinajstić information content (AvgIpc) is 3.16. The van der Waals surface area contributed by atoms with Gasteiger partial charge in [-0.25, -0.2) is 13.9 Å². The van der Waals surface area contributed by atoms with Gasteiger partial charge in [0.05, 0.1) is 16.6 Å². The molecular weight excluding hydrogens is 391 g/mol. The first-order valence-corrected chi connectivity index (χ1v) is 11.2. The molecule has 0 N–H and O–H groups in total. The van der Waals surface area contributed by atoms with E-state index in [4.69, 9.17) is 5.10 Å². The van der Waals surface area contributed by atoms with Gasteiger partial charge in [0.1, 0.15) is 5.82 Å². The van der Waals surface area contributed by atoms with Crippen LogP contribution in [0.15, 0.2) is 47.5 Å². The number of halogens is 1. The van der Waals surface area contributed by atoms with Gasteiger partial charge in [-0.3, -0.25) is 4.79 Å². The maximum absolute atomic E-state index is 13.4. The Morgan fingerprint density at radius 3 is 2.65 bits per heavy atom. The van der Waals surface area contributed by atoms with Crippen LogP contribution in [0.3, 0.4) is 0 Å². The first-order valence-electron chi connectivity index (χ1n) is 11.2. The second-order valence-corrected chi connectivity index (χ2v) is 8.84. The van der Waals surface area contributed by atoms with Crippen molar-refractivity contribution in [2.45, 2.75) is 52.5 Å². The molecule has 0 saturated heterocycles. The van der Waals surface area contributed by atoms with Crippen molar-refractivity contribution in [2.24, 2.45) is 11.8 Å². The molecule has 0 bridgehead atoms. The van der Waals surface area contributed by atoms with Gasteiger partial charge < -0.3 is 4.57 Å². The molecule has 1 aromatic carbocycles. The van der Waals surface area contributed by atoms with E-state index >= 15 is 0 Å². The van der Waals surface area contributed by atoms with Gasteiger partial charge in [-0.05, 0) is 48.4 Å². The number of fused-ring (bicyclic) bond motifs is 3. The smallest absolute Gasteiger partial charge is 0.261 e. The largest absolute Gasteiger partial charge is 0.311 e. The van der Waals surface area contributed by atoms with Crippen molar-refractivity contribution in [3.8, 4) is 11.1 Å². The highest BCUT2D eigenvalue weighted by Gasteiger charge is 2.29. The summed E-state index contributed by atoms with van der Waals surface area (Å²) in [6, 6.07) is 8.60. The molecule has 0 unspecified atom stereocenters. The minimum Gasteiger partial charge on any atom is -0.311 e. The summed E-state index contributed by atoms with van der Waals surface area (Å²) in [7, 11) is 0. The minimum absolute atomic E-state index is 0.00488. The Morgan fingerprint density at radius 2 is 1.90 bits per heavy atom. The van der Waals surface area contributed by atoms with E-state index < -0.39 is 0 Å². The van der Waals surface area contributed by atoms with E-state index in [1.807, 2.05) is 23.8 Å². The molecule has 0 aliphatic heterocycles. The predicted molar refractivity (Wildman–Crippen MR) is 121 cm³/mol. The zero-order valence-corrected chi connectivity index (χ0v) is 18.2. The number of nitrogens with zero attached hydrogens (tertiary/aromatic N) is 4. The molecule has 0 amide bonds. The number of hydrogen-bond donors (Lipinski definition) is 0. The lowest BCUT2D eigenvalue weighted by Gasteiger charge is -2.35. The Balaban J connectivity index is 1.70. The van der Waals surface area contributed by atoms with E-state index in [1.165, 1.54) is 18.6 Å². The van der Waals surface area contributed by atoms with E-state index in [0.29, 0.717) is 29.3 Å². The molecule has 4 aromatic rings. The quantitative estimate of drug-likeness (QED) is 0.447. The number of benzene rings is 1. The van der Waals surface area contributed by atoms with Crippen molar-refractivity contribution in [1.82, 2.24) is 19.2 Å². The van der Waals surface area contributed by atoms with Gasteiger partial charge in [-0.15, -0.1) is 0 Å². The van der Waals surface area contributed by atoms with Gasteiger partial charge in [0.15, 0.2) is 5.65 Å². The Labute approximate surface area is 180 Å². The van der Waals surface area contributed by atoms with Crippen LogP contribution in [0, 0.1) is 17.7 Å². The molecule has 5 nitrogen and oxygen atoms in total. The zero-order valence-electron chi connectivity index (χ0n) is 18.2. The number of aromatic nitrogens is 4. The van der Waals surface area contributed by atoms with Crippen LogP contribution in [-0.4, -0.2) is 19.2 Å². The first kappa shape index (κ1) is 19.9. The zero-order chi connectivity index (χ0) is 21.7. The van der Waals surface area contributed by atoms with Crippen molar-refractivity contribution in [2.75, 3.05) is 0 Å². The molecule has 5 rings (SSSR count). The molecule has 3 heterocycles. The van der Waals surface area contributed by atoms with Crippen molar-refractivity contribution in [3.63, 3.8) is 0 Å². The van der Waals surface area contributed by atoms with E-state index in [1.54, 1.807) is 22.8 Å². The summed E-state index contributed by atoms with van der Waals surface area (Å²) in [4.78, 5) is 18.1. The number of hydrogen-bond acceptors (Lipinski definition) is 3. The van der Waals surface area contributed by atoms with Gasteiger partial charge in [0.2, 0.25) is 0 Å². The molecule has 1 aliphatic carbocycles. The maximum atomic E-state index is 13.4. The molecule has 1 fully saturated rings.